The molecule has 1 aromatic heterocycles. The molecular weight excluding hydrogens is 238 g/mol. The van der Waals surface area contributed by atoms with Gasteiger partial charge in [-0.05, 0) is 38.0 Å². The predicted octanol–water partition coefficient (Wildman–Crippen LogP) is 3.59. The van der Waals surface area contributed by atoms with Crippen LogP contribution in [0.5, 0.6) is 0 Å². The van der Waals surface area contributed by atoms with Gasteiger partial charge in [0.1, 0.15) is 22.8 Å². The van der Waals surface area contributed by atoms with Gasteiger partial charge in [0.2, 0.25) is 0 Å². The van der Waals surface area contributed by atoms with E-state index >= 15 is 0 Å². The molecule has 0 spiro atoms. The van der Waals surface area contributed by atoms with Crippen LogP contribution in [0.1, 0.15) is 31.7 Å². The third-order valence-corrected chi connectivity index (χ3v) is 2.80. The summed E-state index contributed by atoms with van der Waals surface area (Å²) in [6.07, 6.45) is 12.4. The number of aliphatic hydroxyl groups is 1. The fraction of sp³-hybridized carbons (Fsp3) is 0.200. The molecular formula is C15H17N3O. The van der Waals surface area contributed by atoms with Gasteiger partial charge in [0, 0.05) is 0 Å². The zero-order valence-electron chi connectivity index (χ0n) is 11.2. The van der Waals surface area contributed by atoms with Crippen LogP contribution >= 0.6 is 0 Å². The molecule has 0 saturated carbocycles. The Morgan fingerprint density at radius 2 is 1.89 bits per heavy atom. The van der Waals surface area contributed by atoms with Gasteiger partial charge in [-0.25, -0.2) is 0 Å². The van der Waals surface area contributed by atoms with Crippen molar-refractivity contribution in [3.8, 4) is 0 Å². The maximum Gasteiger partial charge on any atom is 0.145 e. The fourth-order valence-corrected chi connectivity index (χ4v) is 1.78. The van der Waals surface area contributed by atoms with Crippen molar-refractivity contribution in [3.63, 3.8) is 0 Å². The first-order chi connectivity index (χ1) is 9.13. The monoisotopic (exact) mass is 255 g/mol. The van der Waals surface area contributed by atoms with Crippen molar-refractivity contribution in [1.82, 2.24) is 15.0 Å². The molecule has 4 nitrogen and oxygen atoms in total. The van der Waals surface area contributed by atoms with Crippen LogP contribution in [0.2, 0.25) is 0 Å². The first-order valence-electron chi connectivity index (χ1n) is 6.16. The van der Waals surface area contributed by atoms with Crippen molar-refractivity contribution in [2.75, 3.05) is 0 Å². The molecule has 0 atom stereocenters. The van der Waals surface area contributed by atoms with Crippen molar-refractivity contribution in [1.29, 1.82) is 0 Å². The second kappa shape index (κ2) is 5.52. The lowest BCUT2D eigenvalue weighted by atomic mass is 10.2. The summed E-state index contributed by atoms with van der Waals surface area (Å²) in [5.41, 5.74) is 2.66. The maximum absolute atomic E-state index is 10.1. The first kappa shape index (κ1) is 13.1. The molecule has 0 fully saturated rings. The van der Waals surface area contributed by atoms with Crippen LogP contribution in [0, 0.1) is 0 Å². The molecule has 1 aliphatic carbocycles. The summed E-state index contributed by atoms with van der Waals surface area (Å²) >= 11 is 0. The van der Waals surface area contributed by atoms with E-state index in [-0.39, 0.29) is 5.76 Å². The number of aliphatic hydroxyl groups excluding tert-OH is 1. The van der Waals surface area contributed by atoms with E-state index in [2.05, 4.69) is 16.8 Å². The maximum atomic E-state index is 10.1. The lowest BCUT2D eigenvalue weighted by Gasteiger charge is -2.05. The van der Waals surface area contributed by atoms with Gasteiger partial charge in [-0.3, -0.25) is 0 Å². The number of aromatic nitrogens is 3. The van der Waals surface area contributed by atoms with Gasteiger partial charge < -0.3 is 5.11 Å². The van der Waals surface area contributed by atoms with Crippen molar-refractivity contribution in [3.05, 3.63) is 53.6 Å². The Bertz CT molecular complexity index is 586. The number of hydrogen-bond donors (Lipinski definition) is 1. The molecule has 1 N–H and O–H groups in total. The van der Waals surface area contributed by atoms with Crippen LogP contribution in [0.4, 0.5) is 0 Å². The number of hydrogen-bond acceptors (Lipinski definition) is 3. The molecule has 0 unspecified atom stereocenters. The van der Waals surface area contributed by atoms with E-state index < -0.39 is 0 Å². The van der Waals surface area contributed by atoms with Gasteiger partial charge >= 0.3 is 0 Å². The van der Waals surface area contributed by atoms with Gasteiger partial charge in [-0.2, -0.15) is 0 Å². The molecule has 0 radical (unpaired) electrons. The number of fused-ring (bicyclic) bond motifs is 1. The molecule has 0 aromatic carbocycles. The Kier molecular flexibility index (Phi) is 3.80. The molecule has 0 saturated heterocycles. The van der Waals surface area contributed by atoms with Crippen LogP contribution < -0.4 is 0 Å². The Balaban J connectivity index is 2.36. The second-order valence-electron chi connectivity index (χ2n) is 4.28. The summed E-state index contributed by atoms with van der Waals surface area (Å²) in [5, 5.41) is 18.7. The molecule has 2 rings (SSSR count). The van der Waals surface area contributed by atoms with E-state index in [1.165, 1.54) is 4.80 Å². The first-order valence-corrected chi connectivity index (χ1v) is 6.16. The van der Waals surface area contributed by atoms with Gasteiger partial charge in [-0.1, -0.05) is 30.9 Å². The summed E-state index contributed by atoms with van der Waals surface area (Å²) in [4.78, 5) is 1.37. The minimum Gasteiger partial charge on any atom is -0.505 e. The second-order valence-corrected chi connectivity index (χ2v) is 4.28. The Hall–Kier alpha value is -2.36. The predicted molar refractivity (Wildman–Crippen MR) is 78.2 cm³/mol. The molecule has 98 valence electrons. The summed E-state index contributed by atoms with van der Waals surface area (Å²) in [6, 6.07) is 0. The van der Waals surface area contributed by atoms with Crippen molar-refractivity contribution < 1.29 is 5.11 Å². The van der Waals surface area contributed by atoms with Crippen LogP contribution in [-0.4, -0.2) is 20.1 Å². The summed E-state index contributed by atoms with van der Waals surface area (Å²) in [7, 11) is 0. The molecule has 1 aromatic rings. The largest absolute Gasteiger partial charge is 0.505 e. The van der Waals surface area contributed by atoms with Gasteiger partial charge in [0.05, 0.1) is 0 Å². The van der Waals surface area contributed by atoms with Crippen molar-refractivity contribution in [2.24, 2.45) is 0 Å². The molecule has 0 amide bonds. The highest BCUT2D eigenvalue weighted by molar-refractivity contribution is 5.64. The van der Waals surface area contributed by atoms with E-state index in [9.17, 15) is 5.11 Å². The highest BCUT2D eigenvalue weighted by Crippen LogP contribution is 2.18. The minimum absolute atomic E-state index is 0.0937. The number of allylic oxidation sites excluding steroid dienone is 6. The van der Waals surface area contributed by atoms with E-state index in [1.54, 1.807) is 0 Å². The molecule has 1 aliphatic rings. The molecule has 19 heavy (non-hydrogen) atoms. The van der Waals surface area contributed by atoms with Gasteiger partial charge in [0.15, 0.2) is 0 Å². The molecule has 1 heterocycles. The topological polar surface area (TPSA) is 50.9 Å². The zero-order valence-corrected chi connectivity index (χ0v) is 11.2. The van der Waals surface area contributed by atoms with Crippen LogP contribution in [0.25, 0.3) is 17.8 Å². The van der Waals surface area contributed by atoms with E-state index in [0.29, 0.717) is 5.70 Å². The third-order valence-electron chi connectivity index (χ3n) is 2.80. The summed E-state index contributed by atoms with van der Waals surface area (Å²) in [6.45, 7) is 7.55. The highest BCUT2D eigenvalue weighted by Gasteiger charge is 2.12. The molecule has 4 heteroatoms. The van der Waals surface area contributed by atoms with E-state index in [4.69, 9.17) is 0 Å². The molecule has 0 aliphatic heterocycles. The Morgan fingerprint density at radius 3 is 2.42 bits per heavy atom. The van der Waals surface area contributed by atoms with E-state index in [1.807, 2.05) is 50.3 Å². The lowest BCUT2D eigenvalue weighted by molar-refractivity contribution is 0.423. The van der Waals surface area contributed by atoms with E-state index in [0.717, 1.165) is 23.4 Å². The highest BCUT2D eigenvalue weighted by atomic mass is 16.3. The van der Waals surface area contributed by atoms with Crippen molar-refractivity contribution in [2.45, 2.75) is 20.3 Å². The van der Waals surface area contributed by atoms with Gasteiger partial charge in [-0.15, -0.1) is 15.0 Å². The van der Waals surface area contributed by atoms with Crippen LogP contribution in [0.3, 0.4) is 0 Å². The number of rotatable bonds is 3. The fourth-order valence-electron chi connectivity index (χ4n) is 1.78. The zero-order chi connectivity index (χ0) is 13.8. The third kappa shape index (κ3) is 2.73. The minimum atomic E-state index is 0.0937. The average molecular weight is 255 g/mol. The normalized spacial score (nSPS) is 15.3. The smallest absolute Gasteiger partial charge is 0.145 e. The molecule has 0 bridgehead atoms. The Labute approximate surface area is 112 Å². The van der Waals surface area contributed by atoms with Crippen molar-refractivity contribution >= 4 is 17.8 Å². The van der Waals surface area contributed by atoms with Crippen LogP contribution in [-0.2, 0) is 0 Å². The average Bonchev–Trinajstić information content (AvgIpc) is 2.68. The quantitative estimate of drug-likeness (QED) is 0.663. The number of nitrogens with zero attached hydrogens (tertiary/aromatic N) is 3. The summed E-state index contributed by atoms with van der Waals surface area (Å²) < 4.78 is 0. The van der Waals surface area contributed by atoms with Crippen LogP contribution in [0.15, 0.2) is 42.2 Å². The summed E-state index contributed by atoms with van der Waals surface area (Å²) in [5.74, 6) is 0.0937. The lowest BCUT2D eigenvalue weighted by Crippen LogP contribution is -2.04. The Morgan fingerprint density at radius 1 is 1.32 bits per heavy atom. The standard InChI is InChI=1S/C15H17N3O/c1-4-8-11(2)15(19)12(3)18-16-13-9-6-5-7-10-14(13)17-18/h4,6-10,19H,3,5H2,1-2H3/b8-4-,15-11+. The van der Waals surface area contributed by atoms with Gasteiger partial charge in [0.25, 0.3) is 0 Å². The SMILES string of the molecule is C=C(/C(O)=C(C)\C=C/C)n1nc2c(n1)C=CCC=C2.